The summed E-state index contributed by atoms with van der Waals surface area (Å²) in [5.41, 5.74) is 0. The summed E-state index contributed by atoms with van der Waals surface area (Å²) < 4.78 is 28.3. The van der Waals surface area contributed by atoms with E-state index in [0.29, 0.717) is 18.1 Å². The number of hydrogen-bond acceptors (Lipinski definition) is 5. The van der Waals surface area contributed by atoms with E-state index in [-0.39, 0.29) is 37.1 Å². The van der Waals surface area contributed by atoms with Crippen LogP contribution in [0.4, 0.5) is 4.39 Å². The Labute approximate surface area is 138 Å². The van der Waals surface area contributed by atoms with E-state index in [4.69, 9.17) is 13.9 Å². The highest BCUT2D eigenvalue weighted by Gasteiger charge is 2.12. The van der Waals surface area contributed by atoms with E-state index in [1.807, 2.05) is 0 Å². The van der Waals surface area contributed by atoms with Crippen molar-refractivity contribution in [1.29, 1.82) is 0 Å². The molecule has 6 nitrogen and oxygen atoms in total. The molecule has 0 saturated heterocycles. The van der Waals surface area contributed by atoms with Gasteiger partial charge in [0.05, 0.1) is 13.0 Å². The van der Waals surface area contributed by atoms with Gasteiger partial charge >= 0.3 is 5.97 Å². The van der Waals surface area contributed by atoms with Crippen LogP contribution in [0.2, 0.25) is 0 Å². The number of carbonyl (C=O) groups excluding carboxylic acids is 2. The van der Waals surface area contributed by atoms with Gasteiger partial charge in [0.15, 0.2) is 5.76 Å². The summed E-state index contributed by atoms with van der Waals surface area (Å²) in [4.78, 5) is 23.0. The topological polar surface area (TPSA) is 77.8 Å². The minimum Gasteiger partial charge on any atom is -0.486 e. The van der Waals surface area contributed by atoms with Gasteiger partial charge in [-0.25, -0.2) is 4.39 Å². The van der Waals surface area contributed by atoms with E-state index in [0.717, 1.165) is 0 Å². The van der Waals surface area contributed by atoms with E-state index < -0.39 is 5.91 Å². The molecule has 2 rings (SSSR count). The fraction of sp³-hybridized carbons (Fsp3) is 0.294. The Morgan fingerprint density at radius 3 is 2.62 bits per heavy atom. The van der Waals surface area contributed by atoms with Gasteiger partial charge in [-0.1, -0.05) is 0 Å². The molecule has 0 fully saturated rings. The zero-order chi connectivity index (χ0) is 17.4. The maximum absolute atomic E-state index is 12.8. The third-order valence-corrected chi connectivity index (χ3v) is 3.00. The van der Waals surface area contributed by atoms with Crippen LogP contribution in [0.15, 0.2) is 40.8 Å². The highest BCUT2D eigenvalue weighted by atomic mass is 19.1. The Bertz CT molecular complexity index is 681. The second-order valence-electron chi connectivity index (χ2n) is 4.82. The number of ether oxygens (including phenoxy) is 2. The van der Waals surface area contributed by atoms with Crippen molar-refractivity contribution in [2.75, 3.05) is 13.2 Å². The predicted octanol–water partition coefficient (Wildman–Crippen LogP) is 2.68. The average molecular weight is 335 g/mol. The Balaban J connectivity index is 1.78. The SMILES string of the molecule is CCOC(=O)CCNC(=O)c1ccc(COc2ccc(F)cc2)o1. The molecule has 0 aliphatic rings. The number of hydrogen-bond donors (Lipinski definition) is 1. The molecule has 24 heavy (non-hydrogen) atoms. The van der Waals surface area contributed by atoms with Crippen LogP contribution in [0.5, 0.6) is 5.75 Å². The third-order valence-electron chi connectivity index (χ3n) is 3.00. The molecular weight excluding hydrogens is 317 g/mol. The van der Waals surface area contributed by atoms with Crippen LogP contribution in [0.1, 0.15) is 29.7 Å². The lowest BCUT2D eigenvalue weighted by atomic mass is 10.3. The highest BCUT2D eigenvalue weighted by Crippen LogP contribution is 2.15. The summed E-state index contributed by atoms with van der Waals surface area (Å²) in [5.74, 6) is -0.0697. The Kier molecular flexibility index (Phi) is 6.36. The molecule has 1 aromatic heterocycles. The Morgan fingerprint density at radius 2 is 1.92 bits per heavy atom. The first-order valence-electron chi connectivity index (χ1n) is 7.49. The molecule has 128 valence electrons. The normalized spacial score (nSPS) is 10.2. The van der Waals surface area contributed by atoms with Crippen LogP contribution in [0, 0.1) is 5.82 Å². The van der Waals surface area contributed by atoms with Crippen LogP contribution < -0.4 is 10.1 Å². The average Bonchev–Trinajstić information content (AvgIpc) is 3.03. The van der Waals surface area contributed by atoms with Crippen LogP contribution >= 0.6 is 0 Å². The van der Waals surface area contributed by atoms with Crippen LogP contribution in [-0.2, 0) is 16.1 Å². The first-order valence-corrected chi connectivity index (χ1v) is 7.49. The van der Waals surface area contributed by atoms with Crippen molar-refractivity contribution in [3.8, 4) is 5.75 Å². The molecule has 0 spiro atoms. The van der Waals surface area contributed by atoms with Gasteiger partial charge in [0, 0.05) is 6.54 Å². The van der Waals surface area contributed by atoms with Gasteiger partial charge in [-0.2, -0.15) is 0 Å². The third kappa shape index (κ3) is 5.42. The molecular formula is C17H18FNO5. The summed E-state index contributed by atoms with van der Waals surface area (Å²) in [6.45, 7) is 2.30. The smallest absolute Gasteiger partial charge is 0.307 e. The number of esters is 1. The van der Waals surface area contributed by atoms with Crippen LogP contribution in [0.25, 0.3) is 0 Å². The van der Waals surface area contributed by atoms with Gasteiger partial charge in [-0.05, 0) is 43.3 Å². The lowest BCUT2D eigenvalue weighted by Gasteiger charge is -2.04. The lowest BCUT2D eigenvalue weighted by Crippen LogP contribution is -2.26. The fourth-order valence-electron chi connectivity index (χ4n) is 1.86. The second kappa shape index (κ2) is 8.71. The maximum Gasteiger partial charge on any atom is 0.307 e. The number of carbonyl (C=O) groups is 2. The summed E-state index contributed by atoms with van der Waals surface area (Å²) in [5, 5.41) is 2.57. The van der Waals surface area contributed by atoms with E-state index >= 15 is 0 Å². The predicted molar refractivity (Wildman–Crippen MR) is 83.0 cm³/mol. The molecule has 0 radical (unpaired) electrons. The van der Waals surface area contributed by atoms with Crippen molar-refractivity contribution >= 4 is 11.9 Å². The van der Waals surface area contributed by atoms with Crippen molar-refractivity contribution in [2.45, 2.75) is 20.0 Å². The van der Waals surface area contributed by atoms with E-state index in [1.54, 1.807) is 13.0 Å². The number of halogens is 1. The van der Waals surface area contributed by atoms with Crippen LogP contribution in [-0.4, -0.2) is 25.0 Å². The van der Waals surface area contributed by atoms with Gasteiger partial charge < -0.3 is 19.2 Å². The molecule has 1 amide bonds. The molecule has 0 aliphatic heterocycles. The van der Waals surface area contributed by atoms with E-state index in [2.05, 4.69) is 5.32 Å². The quantitative estimate of drug-likeness (QED) is 0.751. The summed E-state index contributed by atoms with van der Waals surface area (Å²) in [7, 11) is 0. The summed E-state index contributed by atoms with van der Waals surface area (Å²) >= 11 is 0. The second-order valence-corrected chi connectivity index (χ2v) is 4.82. The van der Waals surface area contributed by atoms with Gasteiger partial charge in [-0.3, -0.25) is 9.59 Å². The van der Waals surface area contributed by atoms with Gasteiger partial charge in [-0.15, -0.1) is 0 Å². The molecule has 0 bridgehead atoms. The largest absolute Gasteiger partial charge is 0.486 e. The van der Waals surface area contributed by atoms with Gasteiger partial charge in [0.25, 0.3) is 5.91 Å². The molecule has 1 heterocycles. The van der Waals surface area contributed by atoms with E-state index in [1.165, 1.54) is 30.3 Å². The molecule has 0 atom stereocenters. The minimum atomic E-state index is -0.424. The molecule has 7 heteroatoms. The van der Waals surface area contributed by atoms with Crippen molar-refractivity contribution < 1.29 is 27.9 Å². The monoisotopic (exact) mass is 335 g/mol. The number of rotatable bonds is 8. The van der Waals surface area contributed by atoms with E-state index in [9.17, 15) is 14.0 Å². The van der Waals surface area contributed by atoms with Crippen molar-refractivity contribution in [2.24, 2.45) is 0 Å². The lowest BCUT2D eigenvalue weighted by molar-refractivity contribution is -0.142. The van der Waals surface area contributed by atoms with Crippen molar-refractivity contribution in [1.82, 2.24) is 5.32 Å². The summed E-state index contributed by atoms with van der Waals surface area (Å²) in [6, 6.07) is 8.72. The molecule has 0 aliphatic carbocycles. The number of nitrogens with one attached hydrogen (secondary N) is 1. The van der Waals surface area contributed by atoms with Crippen molar-refractivity contribution in [3.05, 3.63) is 53.7 Å². The minimum absolute atomic E-state index is 0.0980. The molecule has 2 aromatic rings. The molecule has 1 aromatic carbocycles. The van der Waals surface area contributed by atoms with Gasteiger partial charge in [0.2, 0.25) is 0 Å². The Hall–Kier alpha value is -2.83. The number of benzene rings is 1. The van der Waals surface area contributed by atoms with Crippen molar-refractivity contribution in [3.63, 3.8) is 0 Å². The zero-order valence-electron chi connectivity index (χ0n) is 13.2. The highest BCUT2D eigenvalue weighted by molar-refractivity contribution is 5.91. The number of amides is 1. The Morgan fingerprint density at radius 1 is 1.17 bits per heavy atom. The maximum atomic E-state index is 12.8. The first kappa shape index (κ1) is 17.5. The fourth-order valence-corrected chi connectivity index (χ4v) is 1.86. The summed E-state index contributed by atoms with van der Waals surface area (Å²) in [6.07, 6.45) is 0.0980. The molecule has 0 saturated carbocycles. The standard InChI is InChI=1S/C17H18FNO5/c1-2-22-16(20)9-10-19-17(21)15-8-7-14(24-15)11-23-13-5-3-12(18)4-6-13/h3-8H,2,9-11H2,1H3,(H,19,21). The molecule has 1 N–H and O–H groups in total. The number of furan rings is 1. The first-order chi connectivity index (χ1) is 11.6. The van der Waals surface area contributed by atoms with Crippen LogP contribution in [0.3, 0.4) is 0 Å². The molecule has 0 unspecified atom stereocenters. The van der Waals surface area contributed by atoms with Gasteiger partial charge in [0.1, 0.15) is 23.9 Å². The zero-order valence-corrected chi connectivity index (χ0v) is 13.2.